The first-order chi connectivity index (χ1) is 3.18. The molecule has 4 heteroatoms. The van der Waals surface area contributed by atoms with Gasteiger partial charge in [0.15, 0.2) is 0 Å². The zero-order valence-corrected chi connectivity index (χ0v) is 4.66. The topological polar surface area (TPSA) is 57.5 Å². The normalized spacial score (nSPS) is 18.0. The van der Waals surface area contributed by atoms with E-state index in [2.05, 4.69) is 6.58 Å². The number of aliphatic hydroxyl groups excluding tert-OH is 1. The minimum Gasteiger partial charge on any atom is -0.379 e. The molecule has 2 atom stereocenters. The number of aliphatic hydroxyl groups is 1. The summed E-state index contributed by atoms with van der Waals surface area (Å²) in [5.41, 5.74) is 0. The Morgan fingerprint density at radius 3 is 2.29 bits per heavy atom. The van der Waals surface area contributed by atoms with Crippen LogP contribution in [-0.4, -0.2) is 15.8 Å². The lowest BCUT2D eigenvalue weighted by molar-refractivity contribution is 0.282. The van der Waals surface area contributed by atoms with E-state index in [1.54, 1.807) is 0 Å². The molecule has 0 saturated heterocycles. The molecule has 0 aliphatic carbocycles. The molecule has 0 spiro atoms. The minimum atomic E-state index is -2.78. The maximum atomic E-state index is 9.79. The molecule has 2 N–H and O–H groups in total. The Kier molecular flexibility index (Phi) is 2.92. The first-order valence-electron chi connectivity index (χ1n) is 1.72. The third-order valence-corrected chi connectivity index (χ3v) is 1.22. The number of hydrogen-bond acceptors (Lipinski definition) is 2. The van der Waals surface area contributed by atoms with Crippen LogP contribution >= 0.6 is 8.03 Å². The predicted molar refractivity (Wildman–Crippen MR) is 27.4 cm³/mol. The van der Waals surface area contributed by atoms with Crippen LogP contribution in [0.1, 0.15) is 0 Å². The van der Waals surface area contributed by atoms with Gasteiger partial charge < -0.3 is 10.00 Å². The van der Waals surface area contributed by atoms with Crippen LogP contribution in [0.3, 0.4) is 0 Å². The second kappa shape index (κ2) is 2.97. The Hall–Kier alpha value is -0.110. The summed E-state index contributed by atoms with van der Waals surface area (Å²) in [7, 11) is -2.78. The molecule has 0 aromatic heterocycles. The Balaban J connectivity index is 3.55. The van der Waals surface area contributed by atoms with Gasteiger partial charge in [-0.15, -0.1) is 0 Å². The van der Waals surface area contributed by atoms with Gasteiger partial charge in [-0.25, -0.2) is 0 Å². The molecule has 0 fully saturated rings. The molecule has 0 aliphatic rings. The summed E-state index contributed by atoms with van der Waals surface area (Å²) in [6, 6.07) is 0. The monoisotopic (exact) mass is 122 g/mol. The van der Waals surface area contributed by atoms with E-state index in [-0.39, 0.29) is 0 Å². The lowest BCUT2D eigenvalue weighted by atomic mass is 10.7. The first kappa shape index (κ1) is 6.89. The van der Waals surface area contributed by atoms with Gasteiger partial charge in [0.05, 0.1) is 0 Å². The quantitative estimate of drug-likeness (QED) is 0.399. The average Bonchev–Trinajstić information content (AvgIpc) is 1.65. The lowest BCUT2D eigenvalue weighted by Crippen LogP contribution is -1.91. The van der Waals surface area contributed by atoms with Crippen LogP contribution in [0.4, 0.5) is 0 Å². The molecule has 0 heterocycles. The van der Waals surface area contributed by atoms with Gasteiger partial charge in [0.2, 0.25) is 8.03 Å². The molecule has 3 nitrogen and oxygen atoms in total. The van der Waals surface area contributed by atoms with Crippen molar-refractivity contribution < 1.29 is 14.6 Å². The summed E-state index contributed by atoms with van der Waals surface area (Å²) in [5, 5.41) is 8.30. The van der Waals surface area contributed by atoms with Gasteiger partial charge in [-0.1, -0.05) is 12.7 Å². The Labute approximate surface area is 42.2 Å². The smallest absolute Gasteiger partial charge is 0.220 e. The highest BCUT2D eigenvalue weighted by molar-refractivity contribution is 7.38. The third-order valence-electron chi connectivity index (χ3n) is 0.476. The van der Waals surface area contributed by atoms with E-state index in [0.717, 1.165) is 6.08 Å². The van der Waals surface area contributed by atoms with Gasteiger partial charge in [0.1, 0.15) is 5.85 Å². The van der Waals surface area contributed by atoms with Gasteiger partial charge in [0.25, 0.3) is 0 Å². The molecule has 0 bridgehead atoms. The van der Waals surface area contributed by atoms with Crippen LogP contribution in [0.2, 0.25) is 0 Å². The van der Waals surface area contributed by atoms with Crippen molar-refractivity contribution in [2.75, 3.05) is 0 Å². The molecule has 42 valence electrons. The summed E-state index contributed by atoms with van der Waals surface area (Å²) in [6.07, 6.45) is 1.03. The van der Waals surface area contributed by atoms with E-state index in [9.17, 15) is 4.57 Å². The van der Waals surface area contributed by atoms with Crippen LogP contribution < -0.4 is 0 Å². The van der Waals surface area contributed by atoms with Crippen molar-refractivity contribution in [1.29, 1.82) is 0 Å². The fourth-order valence-electron chi connectivity index (χ4n) is 0.101. The summed E-state index contributed by atoms with van der Waals surface area (Å²) in [6.45, 7) is 3.10. The van der Waals surface area contributed by atoms with E-state index in [0.29, 0.717) is 0 Å². The SMILES string of the molecule is C=CC(O)[PH](=O)O. The summed E-state index contributed by atoms with van der Waals surface area (Å²) < 4.78 is 9.79. The molecule has 2 unspecified atom stereocenters. The fraction of sp³-hybridized carbons (Fsp3) is 0.333. The Morgan fingerprint density at radius 1 is 1.86 bits per heavy atom. The number of hydrogen-bond donors (Lipinski definition) is 2. The average molecular weight is 122 g/mol. The summed E-state index contributed by atoms with van der Waals surface area (Å²) in [5.74, 6) is -1.23. The van der Waals surface area contributed by atoms with E-state index in [1.807, 2.05) is 0 Å². The van der Waals surface area contributed by atoms with Gasteiger partial charge in [-0.05, 0) is 0 Å². The van der Waals surface area contributed by atoms with Crippen molar-refractivity contribution in [3.8, 4) is 0 Å². The van der Waals surface area contributed by atoms with Crippen LogP contribution in [0.25, 0.3) is 0 Å². The van der Waals surface area contributed by atoms with E-state index in [1.165, 1.54) is 0 Å². The van der Waals surface area contributed by atoms with Crippen molar-refractivity contribution in [2.24, 2.45) is 0 Å². The largest absolute Gasteiger partial charge is 0.379 e. The second-order valence-corrected chi connectivity index (χ2v) is 2.29. The van der Waals surface area contributed by atoms with Crippen molar-refractivity contribution in [3.63, 3.8) is 0 Å². The second-order valence-electron chi connectivity index (χ2n) is 1.02. The zero-order chi connectivity index (χ0) is 5.86. The molecule has 0 aliphatic heterocycles. The van der Waals surface area contributed by atoms with Crippen molar-refractivity contribution in [1.82, 2.24) is 0 Å². The molecule has 0 radical (unpaired) electrons. The zero-order valence-electron chi connectivity index (χ0n) is 3.66. The van der Waals surface area contributed by atoms with Crippen molar-refractivity contribution >= 4 is 8.03 Å². The summed E-state index contributed by atoms with van der Waals surface area (Å²) in [4.78, 5) is 8.05. The summed E-state index contributed by atoms with van der Waals surface area (Å²) >= 11 is 0. The van der Waals surface area contributed by atoms with Crippen molar-refractivity contribution in [2.45, 2.75) is 5.85 Å². The lowest BCUT2D eigenvalue weighted by Gasteiger charge is -1.93. The van der Waals surface area contributed by atoms with E-state index in [4.69, 9.17) is 10.00 Å². The van der Waals surface area contributed by atoms with E-state index < -0.39 is 13.9 Å². The third kappa shape index (κ3) is 2.57. The maximum Gasteiger partial charge on any atom is 0.220 e. The van der Waals surface area contributed by atoms with Gasteiger partial charge in [-0.3, -0.25) is 4.57 Å². The molecular formula is C3H7O3P. The molecule has 0 saturated carbocycles. The molecule has 0 amide bonds. The Morgan fingerprint density at radius 2 is 2.29 bits per heavy atom. The standard InChI is InChI=1S/C3H7O3P/c1-2-3(4)7(5)6/h2-4,7H,1H2,(H,5,6). The maximum absolute atomic E-state index is 9.79. The highest BCUT2D eigenvalue weighted by atomic mass is 31.1. The van der Waals surface area contributed by atoms with Crippen LogP contribution in [-0.2, 0) is 4.57 Å². The Bertz CT molecular complexity index is 90.2. The molecule has 0 rings (SSSR count). The minimum absolute atomic E-state index is 1.03. The highest BCUT2D eigenvalue weighted by Crippen LogP contribution is 2.19. The fourth-order valence-corrected chi connectivity index (χ4v) is 0.302. The first-order valence-corrected chi connectivity index (χ1v) is 3.15. The van der Waals surface area contributed by atoms with E-state index >= 15 is 0 Å². The van der Waals surface area contributed by atoms with Gasteiger partial charge in [0, 0.05) is 0 Å². The van der Waals surface area contributed by atoms with Crippen LogP contribution in [0.15, 0.2) is 12.7 Å². The number of rotatable bonds is 2. The molecule has 0 aromatic rings. The highest BCUT2D eigenvalue weighted by Gasteiger charge is 2.00. The molecule has 0 aromatic carbocycles. The van der Waals surface area contributed by atoms with Crippen molar-refractivity contribution in [3.05, 3.63) is 12.7 Å². The van der Waals surface area contributed by atoms with Gasteiger partial charge in [-0.2, -0.15) is 0 Å². The molecular weight excluding hydrogens is 115 g/mol. The van der Waals surface area contributed by atoms with Crippen LogP contribution in [0.5, 0.6) is 0 Å². The molecule has 7 heavy (non-hydrogen) atoms. The predicted octanol–water partition coefficient (Wildman–Crippen LogP) is -0.0422. The van der Waals surface area contributed by atoms with Crippen LogP contribution in [0, 0.1) is 0 Å². The van der Waals surface area contributed by atoms with Gasteiger partial charge >= 0.3 is 0 Å².